The van der Waals surface area contributed by atoms with Gasteiger partial charge in [-0.3, -0.25) is 9.59 Å². The number of carbonyl (C=O) groups excluding carboxylic acids is 2. The molecule has 1 aliphatic rings. The number of hydrogen-bond donors (Lipinski definition) is 1. The highest BCUT2D eigenvalue weighted by atomic mass is 16.2. The van der Waals surface area contributed by atoms with Gasteiger partial charge in [0, 0.05) is 19.5 Å². The van der Waals surface area contributed by atoms with Gasteiger partial charge in [0.2, 0.25) is 11.8 Å². The van der Waals surface area contributed by atoms with E-state index in [0.717, 1.165) is 11.1 Å². The Bertz CT molecular complexity index is 484. The molecule has 0 aromatic heterocycles. The van der Waals surface area contributed by atoms with Crippen molar-refractivity contribution in [2.24, 2.45) is 17.6 Å². The highest BCUT2D eigenvalue weighted by Gasteiger charge is 2.33. The fourth-order valence-corrected chi connectivity index (χ4v) is 2.44. The predicted molar refractivity (Wildman–Crippen MR) is 68.5 cm³/mol. The van der Waals surface area contributed by atoms with Crippen molar-refractivity contribution in [2.75, 3.05) is 7.05 Å². The van der Waals surface area contributed by atoms with Crippen LogP contribution in [0, 0.1) is 11.8 Å². The van der Waals surface area contributed by atoms with Crippen molar-refractivity contribution in [3.05, 3.63) is 35.4 Å². The molecule has 1 aromatic rings. The molecule has 2 rings (SSSR count). The molecule has 0 spiro atoms. The molecule has 1 aromatic carbocycles. The lowest BCUT2D eigenvalue weighted by atomic mass is 9.86. The van der Waals surface area contributed by atoms with Crippen LogP contribution in [-0.4, -0.2) is 23.8 Å². The third-order valence-corrected chi connectivity index (χ3v) is 3.71. The summed E-state index contributed by atoms with van der Waals surface area (Å²) in [5.74, 6) is -1.21. The summed E-state index contributed by atoms with van der Waals surface area (Å²) < 4.78 is 0. The van der Waals surface area contributed by atoms with Crippen molar-refractivity contribution in [1.82, 2.24) is 4.90 Å². The summed E-state index contributed by atoms with van der Waals surface area (Å²) in [6, 6.07) is 7.97. The van der Waals surface area contributed by atoms with Crippen LogP contribution in [0.15, 0.2) is 24.3 Å². The van der Waals surface area contributed by atoms with Crippen molar-refractivity contribution >= 4 is 11.8 Å². The van der Waals surface area contributed by atoms with Gasteiger partial charge in [-0.1, -0.05) is 31.2 Å². The molecule has 2 N–H and O–H groups in total. The second-order valence-electron chi connectivity index (χ2n) is 4.96. The minimum absolute atomic E-state index is 0.00231. The third kappa shape index (κ3) is 2.23. The number of benzene rings is 1. The van der Waals surface area contributed by atoms with E-state index < -0.39 is 11.8 Å². The summed E-state index contributed by atoms with van der Waals surface area (Å²) >= 11 is 0. The second kappa shape index (κ2) is 4.80. The van der Waals surface area contributed by atoms with E-state index in [1.54, 1.807) is 18.9 Å². The van der Waals surface area contributed by atoms with Crippen LogP contribution >= 0.6 is 0 Å². The van der Waals surface area contributed by atoms with Crippen LogP contribution in [0.25, 0.3) is 0 Å². The molecule has 1 unspecified atom stereocenters. The first-order valence-electron chi connectivity index (χ1n) is 6.11. The van der Waals surface area contributed by atoms with Crippen molar-refractivity contribution in [1.29, 1.82) is 0 Å². The smallest absolute Gasteiger partial charge is 0.226 e. The molecule has 0 saturated heterocycles. The van der Waals surface area contributed by atoms with Crippen LogP contribution in [0.3, 0.4) is 0 Å². The number of nitrogens with two attached hydrogens (primary N) is 1. The molecule has 1 heterocycles. The Kier molecular flexibility index (Phi) is 3.36. The molecular weight excluding hydrogens is 228 g/mol. The van der Waals surface area contributed by atoms with Gasteiger partial charge in [0.25, 0.3) is 0 Å². The van der Waals surface area contributed by atoms with Crippen molar-refractivity contribution in [2.45, 2.75) is 19.9 Å². The maximum atomic E-state index is 12.3. The second-order valence-corrected chi connectivity index (χ2v) is 4.96. The van der Waals surface area contributed by atoms with Gasteiger partial charge in [-0.05, 0) is 17.5 Å². The Balaban J connectivity index is 2.37. The summed E-state index contributed by atoms with van der Waals surface area (Å²) in [5.41, 5.74) is 7.61. The molecule has 0 aliphatic carbocycles. The number of nitrogens with zero attached hydrogens (tertiary/aromatic N) is 1. The van der Waals surface area contributed by atoms with Gasteiger partial charge in [-0.2, -0.15) is 0 Å². The Morgan fingerprint density at radius 1 is 1.39 bits per heavy atom. The first-order chi connectivity index (χ1) is 8.50. The zero-order valence-electron chi connectivity index (χ0n) is 10.7. The number of primary amides is 1. The molecule has 4 heteroatoms. The molecule has 0 radical (unpaired) electrons. The number of hydrogen-bond acceptors (Lipinski definition) is 2. The van der Waals surface area contributed by atoms with E-state index in [1.807, 2.05) is 24.3 Å². The lowest BCUT2D eigenvalue weighted by Crippen LogP contribution is -2.39. The normalized spacial score (nSPS) is 21.1. The number of rotatable bonds is 2. The average Bonchev–Trinajstić information content (AvgIpc) is 2.47. The average molecular weight is 246 g/mol. The summed E-state index contributed by atoms with van der Waals surface area (Å²) in [4.78, 5) is 25.3. The molecule has 96 valence electrons. The number of amides is 2. The lowest BCUT2D eigenvalue weighted by Gasteiger charge is -2.23. The van der Waals surface area contributed by atoms with Crippen molar-refractivity contribution < 1.29 is 9.59 Å². The molecule has 18 heavy (non-hydrogen) atoms. The maximum Gasteiger partial charge on any atom is 0.226 e. The standard InChI is InChI=1S/C14H18N2O2/c1-9(13(15)17)12-7-10-5-3-4-6-11(10)8-16(2)14(12)18/h3-6,9,12H,7-8H2,1-2H3,(H2,15,17)/t9?,12-/m0/s1. The van der Waals surface area contributed by atoms with Gasteiger partial charge in [-0.15, -0.1) is 0 Å². The molecule has 0 saturated carbocycles. The first-order valence-corrected chi connectivity index (χ1v) is 6.11. The molecule has 1 aliphatic heterocycles. The predicted octanol–water partition coefficient (Wildman–Crippen LogP) is 0.939. The van der Waals surface area contributed by atoms with Crippen molar-refractivity contribution in [3.8, 4) is 0 Å². The zero-order valence-corrected chi connectivity index (χ0v) is 10.7. The van der Waals surface area contributed by atoms with Crippen LogP contribution in [-0.2, 0) is 22.6 Å². The summed E-state index contributed by atoms with van der Waals surface area (Å²) in [6.07, 6.45) is 0.587. The molecule has 2 amide bonds. The molecular formula is C14H18N2O2. The minimum Gasteiger partial charge on any atom is -0.369 e. The Labute approximate surface area is 107 Å². The topological polar surface area (TPSA) is 63.4 Å². The van der Waals surface area contributed by atoms with Gasteiger partial charge >= 0.3 is 0 Å². The Hall–Kier alpha value is -1.84. The fourth-order valence-electron chi connectivity index (χ4n) is 2.44. The van der Waals surface area contributed by atoms with Crippen LogP contribution in [0.1, 0.15) is 18.1 Å². The van der Waals surface area contributed by atoms with E-state index >= 15 is 0 Å². The highest BCUT2D eigenvalue weighted by molar-refractivity contribution is 5.87. The molecule has 2 atom stereocenters. The summed E-state index contributed by atoms with van der Waals surface area (Å²) in [7, 11) is 1.77. The van der Waals surface area contributed by atoms with Crippen molar-refractivity contribution in [3.63, 3.8) is 0 Å². The minimum atomic E-state index is -0.439. The monoisotopic (exact) mass is 246 g/mol. The van der Waals surface area contributed by atoms with Crippen LogP contribution in [0.4, 0.5) is 0 Å². The highest BCUT2D eigenvalue weighted by Crippen LogP contribution is 2.26. The maximum absolute atomic E-state index is 12.3. The van der Waals surface area contributed by atoms with Crippen LogP contribution in [0.5, 0.6) is 0 Å². The largest absolute Gasteiger partial charge is 0.369 e. The molecule has 0 bridgehead atoms. The third-order valence-electron chi connectivity index (χ3n) is 3.71. The van der Waals surface area contributed by atoms with E-state index in [4.69, 9.17) is 5.73 Å². The molecule has 0 fully saturated rings. The summed E-state index contributed by atoms with van der Waals surface area (Å²) in [5, 5.41) is 0. The number of fused-ring (bicyclic) bond motifs is 1. The van der Waals surface area contributed by atoms with Gasteiger partial charge in [0.05, 0.1) is 5.92 Å². The van der Waals surface area contributed by atoms with Gasteiger partial charge in [0.15, 0.2) is 0 Å². The lowest BCUT2D eigenvalue weighted by molar-refractivity contribution is -0.139. The summed E-state index contributed by atoms with van der Waals surface area (Å²) in [6.45, 7) is 2.32. The zero-order chi connectivity index (χ0) is 13.3. The van der Waals surface area contributed by atoms with Gasteiger partial charge in [-0.25, -0.2) is 0 Å². The number of carbonyl (C=O) groups is 2. The van der Waals surface area contributed by atoms with Gasteiger partial charge < -0.3 is 10.6 Å². The quantitative estimate of drug-likeness (QED) is 0.844. The van der Waals surface area contributed by atoms with E-state index in [1.165, 1.54) is 0 Å². The van der Waals surface area contributed by atoms with E-state index in [0.29, 0.717) is 13.0 Å². The fraction of sp³-hybridized carbons (Fsp3) is 0.429. The SMILES string of the molecule is CC(C(N)=O)[C@@H]1Cc2ccccc2CN(C)C1=O. The van der Waals surface area contributed by atoms with E-state index in [2.05, 4.69) is 0 Å². The van der Waals surface area contributed by atoms with Crippen LogP contribution < -0.4 is 5.73 Å². The van der Waals surface area contributed by atoms with Crippen LogP contribution in [0.2, 0.25) is 0 Å². The van der Waals surface area contributed by atoms with Gasteiger partial charge in [0.1, 0.15) is 0 Å². The first kappa shape index (κ1) is 12.6. The Morgan fingerprint density at radius 2 is 2.00 bits per heavy atom. The molecule has 4 nitrogen and oxygen atoms in total. The Morgan fingerprint density at radius 3 is 2.61 bits per heavy atom. The van der Waals surface area contributed by atoms with E-state index in [9.17, 15) is 9.59 Å². The van der Waals surface area contributed by atoms with E-state index in [-0.39, 0.29) is 11.8 Å².